The molecule has 0 bridgehead atoms. The largest absolute Gasteiger partial charge is 0.309 e. The summed E-state index contributed by atoms with van der Waals surface area (Å²) in [4.78, 5) is 10.1. The molecule has 280 valence electrons. The van der Waals surface area contributed by atoms with E-state index in [1.807, 2.05) is 12.3 Å². The van der Waals surface area contributed by atoms with Crippen molar-refractivity contribution >= 4 is 44.9 Å². The van der Waals surface area contributed by atoms with Gasteiger partial charge in [0.15, 0.2) is 0 Å². The van der Waals surface area contributed by atoms with Crippen LogP contribution >= 0.6 is 0 Å². The van der Waals surface area contributed by atoms with Crippen molar-refractivity contribution in [2.24, 2.45) is 0 Å². The first-order valence-electron chi connectivity index (χ1n) is 20.6. The predicted molar refractivity (Wildman–Crippen MR) is 244 cm³/mol. The Labute approximate surface area is 342 Å². The summed E-state index contributed by atoms with van der Waals surface area (Å²) in [5, 5.41) is 6.16. The average molecular weight is 757 g/mol. The van der Waals surface area contributed by atoms with Gasteiger partial charge in [0, 0.05) is 50.2 Å². The van der Waals surface area contributed by atoms with E-state index in [4.69, 9.17) is 9.97 Å². The van der Waals surface area contributed by atoms with E-state index in [-0.39, 0.29) is 11.3 Å². The lowest BCUT2D eigenvalue weighted by Gasteiger charge is -2.22. The molecule has 59 heavy (non-hydrogen) atoms. The van der Waals surface area contributed by atoms with Crippen LogP contribution in [0.5, 0.6) is 0 Å². The van der Waals surface area contributed by atoms with Gasteiger partial charge < -0.3 is 4.57 Å². The maximum Gasteiger partial charge on any atom is 0.235 e. The molecule has 4 nitrogen and oxygen atoms in total. The molecular weight excluding hydrogens is 717 g/mol. The van der Waals surface area contributed by atoms with Crippen LogP contribution in [0.15, 0.2) is 176 Å². The summed E-state index contributed by atoms with van der Waals surface area (Å²) in [6.07, 6.45) is 7.63. The van der Waals surface area contributed by atoms with E-state index >= 15 is 0 Å². The van der Waals surface area contributed by atoms with Crippen LogP contribution in [0.4, 0.5) is 0 Å². The highest BCUT2D eigenvalue weighted by molar-refractivity contribution is 6.09. The van der Waals surface area contributed by atoms with Gasteiger partial charge in [-0.25, -0.2) is 9.97 Å². The summed E-state index contributed by atoms with van der Waals surface area (Å²) in [5.41, 5.74) is 15.9. The SMILES string of the molecule is CC1(C)c2ccccc2-c2ccc(-c3ccc(-c4ccnc(-n5c6c(c7ccccc75)=CC(c5ccc7c(c5)c5ccccc5n7-c5ccccc5)CC=6)n4)cc3)cc21. The zero-order valence-corrected chi connectivity index (χ0v) is 33.0. The summed E-state index contributed by atoms with van der Waals surface area (Å²) in [7, 11) is 0. The minimum absolute atomic E-state index is 0.0308. The molecule has 0 aliphatic heterocycles. The second-order valence-electron chi connectivity index (χ2n) is 16.6. The van der Waals surface area contributed by atoms with Gasteiger partial charge in [0.1, 0.15) is 0 Å². The number of rotatable bonds is 5. The molecule has 2 aliphatic carbocycles. The zero-order valence-electron chi connectivity index (χ0n) is 33.0. The van der Waals surface area contributed by atoms with Gasteiger partial charge in [-0.1, -0.05) is 147 Å². The van der Waals surface area contributed by atoms with Crippen molar-refractivity contribution < 1.29 is 0 Å². The molecule has 0 saturated heterocycles. The monoisotopic (exact) mass is 756 g/mol. The lowest BCUT2D eigenvalue weighted by Crippen LogP contribution is -2.32. The molecule has 0 fully saturated rings. The number of fused-ring (bicyclic) bond motifs is 9. The Kier molecular flexibility index (Phi) is 7.37. The van der Waals surface area contributed by atoms with E-state index in [0.717, 1.165) is 28.5 Å². The molecule has 3 aromatic heterocycles. The highest BCUT2D eigenvalue weighted by Crippen LogP contribution is 2.49. The maximum atomic E-state index is 5.22. The Morgan fingerprint density at radius 2 is 1.22 bits per heavy atom. The normalized spacial score (nSPS) is 15.1. The quantitative estimate of drug-likeness (QED) is 0.175. The molecule has 0 radical (unpaired) electrons. The zero-order chi connectivity index (χ0) is 39.2. The van der Waals surface area contributed by atoms with Gasteiger partial charge >= 0.3 is 0 Å². The van der Waals surface area contributed by atoms with Crippen molar-refractivity contribution in [3.63, 3.8) is 0 Å². The number of nitrogens with zero attached hydrogens (tertiary/aromatic N) is 4. The second kappa shape index (κ2) is 12.9. The minimum atomic E-state index is -0.0308. The third-order valence-corrected chi connectivity index (χ3v) is 13.0. The molecule has 4 heteroatoms. The molecule has 2 aliphatic rings. The van der Waals surface area contributed by atoms with E-state index in [1.54, 1.807) is 0 Å². The van der Waals surface area contributed by atoms with Crippen molar-refractivity contribution in [1.82, 2.24) is 19.1 Å². The summed E-state index contributed by atoms with van der Waals surface area (Å²) >= 11 is 0. The van der Waals surface area contributed by atoms with Crippen LogP contribution in [0.3, 0.4) is 0 Å². The molecule has 1 atom stereocenters. The topological polar surface area (TPSA) is 35.6 Å². The van der Waals surface area contributed by atoms with Gasteiger partial charge in [-0.2, -0.15) is 0 Å². The lowest BCUT2D eigenvalue weighted by atomic mass is 9.81. The Morgan fingerprint density at radius 3 is 2.07 bits per heavy atom. The molecule has 0 N–H and O–H groups in total. The third kappa shape index (κ3) is 5.16. The van der Waals surface area contributed by atoms with Gasteiger partial charge in [-0.15, -0.1) is 0 Å². The van der Waals surface area contributed by atoms with E-state index in [0.29, 0.717) is 5.95 Å². The molecule has 10 aromatic rings. The standard InChI is InChI=1S/C55H40N4/c1-55(2)47-17-9-6-14-41(47)42-27-24-39(34-48(42)55)35-20-22-36(23-21-35)49-30-31-56-54(57-49)59-51-19-11-8-16-44(51)46-33-38(26-29-53(46)59)37-25-28-52-45(32-37)43-15-7-10-18-50(43)58(52)40-12-4-3-5-13-40/h3-25,27-34,38H,26H2,1-2H3. The van der Waals surface area contributed by atoms with Crippen molar-refractivity contribution in [2.45, 2.75) is 31.6 Å². The number of hydrogen-bond donors (Lipinski definition) is 0. The van der Waals surface area contributed by atoms with Crippen molar-refractivity contribution in [3.05, 3.63) is 203 Å². The number of benzene rings is 7. The fourth-order valence-electron chi connectivity index (χ4n) is 10.0. The van der Waals surface area contributed by atoms with Crippen LogP contribution in [0.2, 0.25) is 0 Å². The van der Waals surface area contributed by atoms with Crippen LogP contribution in [-0.4, -0.2) is 19.1 Å². The molecule has 1 unspecified atom stereocenters. The summed E-state index contributed by atoms with van der Waals surface area (Å²) in [6.45, 7) is 4.67. The number of para-hydroxylation sites is 3. The van der Waals surface area contributed by atoms with E-state index in [9.17, 15) is 0 Å². The maximum absolute atomic E-state index is 5.22. The van der Waals surface area contributed by atoms with Gasteiger partial charge in [0.25, 0.3) is 0 Å². The molecule has 0 saturated carbocycles. The molecule has 0 amide bonds. The van der Waals surface area contributed by atoms with Crippen molar-refractivity contribution in [3.8, 4) is 45.1 Å². The van der Waals surface area contributed by atoms with Gasteiger partial charge in [0.05, 0.1) is 27.6 Å². The van der Waals surface area contributed by atoms with E-state index in [1.165, 1.54) is 77.0 Å². The molecule has 3 heterocycles. The Bertz CT molecular complexity index is 3440. The van der Waals surface area contributed by atoms with Gasteiger partial charge in [-0.3, -0.25) is 4.57 Å². The highest BCUT2D eigenvalue weighted by atomic mass is 15.2. The van der Waals surface area contributed by atoms with Crippen LogP contribution in [-0.2, 0) is 5.41 Å². The van der Waals surface area contributed by atoms with Gasteiger partial charge in [0.2, 0.25) is 5.95 Å². The van der Waals surface area contributed by atoms with Crippen LogP contribution in [0.25, 0.3) is 90.0 Å². The predicted octanol–water partition coefficient (Wildman–Crippen LogP) is 11.9. The fourth-order valence-corrected chi connectivity index (χ4v) is 10.0. The number of aromatic nitrogens is 4. The molecule has 0 spiro atoms. The first-order chi connectivity index (χ1) is 29.0. The van der Waals surface area contributed by atoms with Crippen molar-refractivity contribution in [1.29, 1.82) is 0 Å². The fraction of sp³-hybridized carbons (Fsp3) is 0.0909. The highest BCUT2D eigenvalue weighted by Gasteiger charge is 2.35. The Morgan fingerprint density at radius 1 is 0.542 bits per heavy atom. The van der Waals surface area contributed by atoms with Crippen LogP contribution in [0, 0.1) is 0 Å². The summed E-state index contributed by atoms with van der Waals surface area (Å²) in [6, 6.07) is 61.7. The first-order valence-corrected chi connectivity index (χ1v) is 20.6. The lowest BCUT2D eigenvalue weighted by molar-refractivity contribution is 0.660. The van der Waals surface area contributed by atoms with E-state index < -0.39 is 0 Å². The number of hydrogen-bond acceptors (Lipinski definition) is 2. The molecular formula is C55H40N4. The molecule has 12 rings (SSSR count). The van der Waals surface area contributed by atoms with Gasteiger partial charge in [-0.05, 0) is 93.9 Å². The Balaban J connectivity index is 0.900. The third-order valence-electron chi connectivity index (χ3n) is 13.0. The Hall–Kier alpha value is -7.30. The molecule has 7 aromatic carbocycles. The second-order valence-corrected chi connectivity index (χ2v) is 16.6. The van der Waals surface area contributed by atoms with Crippen molar-refractivity contribution in [2.75, 3.05) is 0 Å². The van der Waals surface area contributed by atoms with Crippen LogP contribution < -0.4 is 10.6 Å². The summed E-state index contributed by atoms with van der Waals surface area (Å²) < 4.78 is 4.63. The van der Waals surface area contributed by atoms with E-state index in [2.05, 4.69) is 199 Å². The summed E-state index contributed by atoms with van der Waals surface area (Å²) in [5.74, 6) is 0.922. The average Bonchev–Trinajstić information content (AvgIpc) is 3.89. The first kappa shape index (κ1) is 33.8. The smallest absolute Gasteiger partial charge is 0.235 e. The van der Waals surface area contributed by atoms with Crippen LogP contribution in [0.1, 0.15) is 42.9 Å². The minimum Gasteiger partial charge on any atom is -0.309 e.